The van der Waals surface area contributed by atoms with Crippen molar-refractivity contribution >= 4 is 15.2 Å². The third kappa shape index (κ3) is 12.8. The van der Waals surface area contributed by atoms with Crippen LogP contribution in [0.25, 0.3) is 0 Å². The minimum Gasteiger partial charge on any atom is -0.778 e. The van der Waals surface area contributed by atoms with E-state index < -0.39 is 27.8 Å². The van der Waals surface area contributed by atoms with Gasteiger partial charge >= 0.3 is 59.1 Å². The van der Waals surface area contributed by atoms with Crippen LogP contribution in [0.3, 0.4) is 0 Å². The molecule has 0 aliphatic carbocycles. The molecule has 0 fully saturated rings. The van der Waals surface area contributed by atoms with Gasteiger partial charge in [-0.3, -0.25) is 4.90 Å². The Hall–Kier alpha value is 1.48. The van der Waals surface area contributed by atoms with Crippen LogP contribution in [0.15, 0.2) is 24.3 Å². The number of aryl methyl sites for hydroxylation is 1. The van der Waals surface area contributed by atoms with E-state index in [1.807, 2.05) is 31.2 Å². The summed E-state index contributed by atoms with van der Waals surface area (Å²) in [4.78, 5) is 40.3. The average Bonchev–Trinajstić information content (AvgIpc) is 2.23. The summed E-state index contributed by atoms with van der Waals surface area (Å²) in [6.07, 6.45) is -1.22. The Morgan fingerprint density at radius 3 is 1.77 bits per heavy atom. The molecule has 0 spiro atoms. The van der Waals surface area contributed by atoms with Gasteiger partial charge in [0.25, 0.3) is 0 Å². The summed E-state index contributed by atoms with van der Waals surface area (Å²) in [5.74, 6) is 0. The van der Waals surface area contributed by atoms with Crippen LogP contribution in [-0.2, 0) is 15.6 Å². The molecule has 0 bridgehead atoms. The van der Waals surface area contributed by atoms with Crippen LogP contribution in [0, 0.1) is 6.92 Å². The molecule has 0 saturated carbocycles. The molecule has 22 heavy (non-hydrogen) atoms. The van der Waals surface area contributed by atoms with E-state index in [-0.39, 0.29) is 65.7 Å². The van der Waals surface area contributed by atoms with Crippen LogP contribution in [0.2, 0.25) is 0 Å². The quantitative estimate of drug-likeness (QED) is 0.363. The van der Waals surface area contributed by atoms with Gasteiger partial charge in [-0.05, 0) is 18.9 Å². The van der Waals surface area contributed by atoms with Crippen molar-refractivity contribution in [2.24, 2.45) is 0 Å². The molecule has 1 rings (SSSR count). The predicted octanol–water partition coefficient (Wildman–Crippen LogP) is -6.15. The first-order chi connectivity index (χ1) is 9.05. The summed E-state index contributed by atoms with van der Waals surface area (Å²) in [7, 11) is -9.26. The summed E-state index contributed by atoms with van der Waals surface area (Å²) in [6.45, 7) is 2.01. The smallest absolute Gasteiger partial charge is 0.778 e. The van der Waals surface area contributed by atoms with Crippen molar-refractivity contribution in [1.29, 1.82) is 0 Å². The van der Waals surface area contributed by atoms with E-state index in [0.29, 0.717) is 6.42 Å². The number of rotatable bonds is 7. The Morgan fingerprint density at radius 2 is 1.41 bits per heavy atom. The van der Waals surface area contributed by atoms with Crippen molar-refractivity contribution in [2.45, 2.75) is 13.3 Å². The third-order valence-corrected chi connectivity index (χ3v) is 4.11. The van der Waals surface area contributed by atoms with Gasteiger partial charge in [0.15, 0.2) is 0 Å². The molecular formula is C11H17NNa2O6P2. The zero-order valence-corrected chi connectivity index (χ0v) is 18.8. The van der Waals surface area contributed by atoms with E-state index in [2.05, 4.69) is 0 Å². The van der Waals surface area contributed by atoms with Crippen LogP contribution >= 0.6 is 15.2 Å². The van der Waals surface area contributed by atoms with E-state index in [1.54, 1.807) is 0 Å². The molecule has 2 atom stereocenters. The number of benzene rings is 1. The Kier molecular flexibility index (Phi) is 13.1. The Labute approximate surface area is 174 Å². The van der Waals surface area contributed by atoms with Gasteiger partial charge in [0.2, 0.25) is 0 Å². The van der Waals surface area contributed by atoms with Crippen LogP contribution in [0.1, 0.15) is 11.1 Å². The summed E-state index contributed by atoms with van der Waals surface area (Å²) in [5.41, 5.74) is 1.97. The molecule has 0 saturated heterocycles. The first-order valence-corrected chi connectivity index (χ1v) is 9.41. The van der Waals surface area contributed by atoms with Crippen molar-refractivity contribution in [1.82, 2.24) is 4.90 Å². The second kappa shape index (κ2) is 11.2. The van der Waals surface area contributed by atoms with E-state index in [1.165, 1.54) is 0 Å². The molecule has 7 nitrogen and oxygen atoms in total. The monoisotopic (exact) mass is 367 g/mol. The zero-order chi connectivity index (χ0) is 15.4. The van der Waals surface area contributed by atoms with Gasteiger partial charge in [0.05, 0.1) is 12.6 Å². The van der Waals surface area contributed by atoms with Gasteiger partial charge < -0.3 is 28.7 Å². The van der Waals surface area contributed by atoms with Crippen molar-refractivity contribution < 1.29 is 87.8 Å². The summed E-state index contributed by atoms with van der Waals surface area (Å²) < 4.78 is 21.7. The molecular weight excluding hydrogens is 350 g/mol. The van der Waals surface area contributed by atoms with Gasteiger partial charge in [-0.15, -0.1) is 0 Å². The summed E-state index contributed by atoms with van der Waals surface area (Å²) >= 11 is 0. The molecule has 0 aliphatic rings. The van der Waals surface area contributed by atoms with Crippen LogP contribution in [0.4, 0.5) is 0 Å². The number of hydrogen-bond acceptors (Lipinski definition) is 5. The second-order valence-electron chi connectivity index (χ2n) is 4.69. The normalized spacial score (nSPS) is 16.1. The van der Waals surface area contributed by atoms with Crippen molar-refractivity contribution in [3.63, 3.8) is 0 Å². The largest absolute Gasteiger partial charge is 1.00 e. The number of nitrogens with zero attached hydrogens (tertiary/aromatic N) is 1. The standard InChI is InChI=1S/C11H19NO6P2.2Na/c1-10-2-4-11(5-3-10)6-7-12(8-19(13,14)15)9-20(16,17)18;;/h2-5H,6-9H2,1H3,(H2,13,14,15)(H2,16,17,18);;/q;2*+1/p-2. The second-order valence-corrected chi connectivity index (χ2v) is 7.80. The maximum absolute atomic E-state index is 10.9. The van der Waals surface area contributed by atoms with Gasteiger partial charge in [0, 0.05) is 6.54 Å². The number of hydrogen-bond donors (Lipinski definition) is 2. The summed E-state index contributed by atoms with van der Waals surface area (Å²) in [5, 5.41) is 0. The first-order valence-electron chi connectivity index (χ1n) is 5.89. The SMILES string of the molecule is Cc1ccc(CCN(CP(=O)([O-])O)CP(=O)([O-])O)cc1.[Na+].[Na+]. The Morgan fingerprint density at radius 1 is 1.00 bits per heavy atom. The van der Waals surface area contributed by atoms with Gasteiger partial charge in [0.1, 0.15) is 15.2 Å². The first kappa shape index (κ1) is 25.7. The Bertz CT molecular complexity index is 506. The van der Waals surface area contributed by atoms with E-state index in [9.17, 15) is 18.9 Å². The van der Waals surface area contributed by atoms with Gasteiger partial charge in [-0.2, -0.15) is 0 Å². The molecule has 1 aromatic carbocycles. The van der Waals surface area contributed by atoms with Gasteiger partial charge in [-0.1, -0.05) is 29.8 Å². The van der Waals surface area contributed by atoms with E-state index in [4.69, 9.17) is 9.79 Å². The molecule has 0 radical (unpaired) electrons. The molecule has 11 heteroatoms. The van der Waals surface area contributed by atoms with Crippen LogP contribution in [0.5, 0.6) is 0 Å². The minimum absolute atomic E-state index is 0. The van der Waals surface area contributed by atoms with E-state index >= 15 is 0 Å². The van der Waals surface area contributed by atoms with E-state index in [0.717, 1.165) is 16.0 Å². The van der Waals surface area contributed by atoms with Gasteiger partial charge in [-0.25, -0.2) is 0 Å². The minimum atomic E-state index is -4.63. The fraction of sp³-hybridized carbons (Fsp3) is 0.455. The molecule has 2 unspecified atom stereocenters. The predicted molar refractivity (Wildman–Crippen MR) is 71.0 cm³/mol. The maximum Gasteiger partial charge on any atom is 1.00 e. The molecule has 2 N–H and O–H groups in total. The molecule has 0 aliphatic heterocycles. The topological polar surface area (TPSA) is 124 Å². The average molecular weight is 367 g/mol. The van der Waals surface area contributed by atoms with Crippen LogP contribution in [-0.4, -0.2) is 33.8 Å². The van der Waals surface area contributed by atoms with Crippen molar-refractivity contribution in [3.8, 4) is 0 Å². The third-order valence-electron chi connectivity index (χ3n) is 2.59. The fourth-order valence-corrected chi connectivity index (χ4v) is 3.39. The summed E-state index contributed by atoms with van der Waals surface area (Å²) in [6, 6.07) is 7.46. The molecule has 0 heterocycles. The molecule has 1 aromatic rings. The molecule has 0 amide bonds. The fourth-order valence-electron chi connectivity index (χ4n) is 1.73. The van der Waals surface area contributed by atoms with Crippen molar-refractivity contribution in [2.75, 3.05) is 19.1 Å². The van der Waals surface area contributed by atoms with Crippen molar-refractivity contribution in [3.05, 3.63) is 35.4 Å². The zero-order valence-electron chi connectivity index (χ0n) is 13.0. The maximum atomic E-state index is 10.9. The van der Waals surface area contributed by atoms with Crippen LogP contribution < -0.4 is 68.9 Å². The molecule has 0 aromatic heterocycles. The molecule has 114 valence electrons. The Balaban J connectivity index is 0.